The summed E-state index contributed by atoms with van der Waals surface area (Å²) >= 11 is 0. The molecule has 0 amide bonds. The maximum Gasteiger partial charge on any atom is 0.192 e. The Morgan fingerprint density at radius 1 is 1.42 bits per heavy atom. The molecule has 2 heterocycles. The third kappa shape index (κ3) is 2.73. The Hall–Kier alpha value is -1.55. The van der Waals surface area contributed by atoms with Gasteiger partial charge in [0.05, 0.1) is 0 Å². The van der Waals surface area contributed by atoms with Crippen LogP contribution >= 0.6 is 0 Å². The van der Waals surface area contributed by atoms with E-state index < -0.39 is 0 Å². The van der Waals surface area contributed by atoms with Gasteiger partial charge in [-0.05, 0) is 51.4 Å². The fourth-order valence-corrected chi connectivity index (χ4v) is 2.87. The summed E-state index contributed by atoms with van der Waals surface area (Å²) < 4.78 is 5.50. The summed E-state index contributed by atoms with van der Waals surface area (Å²) in [5.41, 5.74) is 3.12. The second-order valence-corrected chi connectivity index (χ2v) is 6.06. The van der Waals surface area contributed by atoms with E-state index in [4.69, 9.17) is 4.42 Å². The highest BCUT2D eigenvalue weighted by molar-refractivity contribution is 5.77. The third-order valence-corrected chi connectivity index (χ3v) is 3.72. The fraction of sp³-hybridized carbons (Fsp3) is 0.533. The Labute approximate surface area is 113 Å². The van der Waals surface area contributed by atoms with Crippen molar-refractivity contribution in [3.63, 3.8) is 0 Å². The summed E-state index contributed by atoms with van der Waals surface area (Å²) in [6, 6.07) is 6.65. The molecule has 4 heteroatoms. The van der Waals surface area contributed by atoms with E-state index in [1.165, 1.54) is 0 Å². The predicted octanol–water partition coefficient (Wildman–Crippen LogP) is 3.08. The van der Waals surface area contributed by atoms with Crippen LogP contribution in [-0.2, 0) is 0 Å². The Morgan fingerprint density at radius 2 is 2.26 bits per heavy atom. The highest BCUT2D eigenvalue weighted by atomic mass is 16.3. The van der Waals surface area contributed by atoms with E-state index in [1.807, 2.05) is 13.0 Å². The van der Waals surface area contributed by atoms with Crippen molar-refractivity contribution in [2.24, 2.45) is 0 Å². The Balaban J connectivity index is 1.77. The smallest absolute Gasteiger partial charge is 0.192 e. The molecule has 3 rings (SSSR count). The molecule has 0 saturated carbocycles. The van der Waals surface area contributed by atoms with Crippen LogP contribution < -0.4 is 10.6 Å². The molecule has 1 aromatic heterocycles. The lowest BCUT2D eigenvalue weighted by Gasteiger charge is -2.37. The van der Waals surface area contributed by atoms with Crippen molar-refractivity contribution in [2.45, 2.75) is 45.2 Å². The highest BCUT2D eigenvalue weighted by Gasteiger charge is 2.27. The third-order valence-electron chi connectivity index (χ3n) is 3.72. The van der Waals surface area contributed by atoms with Gasteiger partial charge in [0.1, 0.15) is 5.52 Å². The fourth-order valence-electron chi connectivity index (χ4n) is 2.87. The minimum absolute atomic E-state index is 0.213. The van der Waals surface area contributed by atoms with Crippen molar-refractivity contribution in [2.75, 3.05) is 11.9 Å². The van der Waals surface area contributed by atoms with Gasteiger partial charge in [0.25, 0.3) is 0 Å². The molecule has 4 nitrogen and oxygen atoms in total. The monoisotopic (exact) mass is 259 g/mol. The summed E-state index contributed by atoms with van der Waals surface area (Å²) in [6.45, 7) is 7.45. The molecule has 0 spiro atoms. The van der Waals surface area contributed by atoms with Crippen LogP contribution in [0.2, 0.25) is 0 Å². The first-order valence-electron chi connectivity index (χ1n) is 6.91. The van der Waals surface area contributed by atoms with E-state index in [1.54, 1.807) is 0 Å². The lowest BCUT2D eigenvalue weighted by molar-refractivity contribution is 0.286. The van der Waals surface area contributed by atoms with Gasteiger partial charge in [-0.1, -0.05) is 0 Å². The number of nitrogens with zero attached hydrogens (tertiary/aromatic N) is 1. The summed E-state index contributed by atoms with van der Waals surface area (Å²) in [5, 5.41) is 7.16. The number of nitrogens with one attached hydrogen (secondary N) is 2. The second kappa shape index (κ2) is 4.53. The molecular weight excluding hydrogens is 238 g/mol. The lowest BCUT2D eigenvalue weighted by Crippen LogP contribution is -2.49. The summed E-state index contributed by atoms with van der Waals surface area (Å²) in [4.78, 5) is 4.38. The van der Waals surface area contributed by atoms with Crippen molar-refractivity contribution in [3.05, 3.63) is 24.1 Å². The average Bonchev–Trinajstić information content (AvgIpc) is 2.67. The molecule has 0 radical (unpaired) electrons. The largest absolute Gasteiger partial charge is 0.441 e. The van der Waals surface area contributed by atoms with Crippen LogP contribution in [0.1, 0.15) is 32.6 Å². The van der Waals surface area contributed by atoms with Crippen molar-refractivity contribution >= 4 is 16.8 Å². The standard InChI is InChI=1S/C15H21N3O/c1-10-17-13-8-11(4-5-14(13)19-10)18-12-6-7-16-15(2,3)9-12/h4-5,8,12,16,18H,6-7,9H2,1-3H3. The number of piperidine rings is 1. The molecular formula is C15H21N3O. The number of hydrogen-bond donors (Lipinski definition) is 2. The zero-order chi connectivity index (χ0) is 13.5. The van der Waals surface area contributed by atoms with Gasteiger partial charge in [-0.25, -0.2) is 4.98 Å². The van der Waals surface area contributed by atoms with Crippen LogP contribution in [0.5, 0.6) is 0 Å². The first-order chi connectivity index (χ1) is 9.02. The van der Waals surface area contributed by atoms with E-state index in [2.05, 4.69) is 41.6 Å². The van der Waals surface area contributed by atoms with E-state index in [0.717, 1.165) is 42.1 Å². The van der Waals surface area contributed by atoms with E-state index in [0.29, 0.717) is 6.04 Å². The predicted molar refractivity (Wildman–Crippen MR) is 77.5 cm³/mol. The maximum absolute atomic E-state index is 5.50. The van der Waals surface area contributed by atoms with Gasteiger partial charge in [0.15, 0.2) is 11.5 Å². The molecule has 0 bridgehead atoms. The summed E-state index contributed by atoms with van der Waals surface area (Å²) in [5.74, 6) is 0.718. The second-order valence-electron chi connectivity index (χ2n) is 6.06. The van der Waals surface area contributed by atoms with Crippen molar-refractivity contribution in [1.82, 2.24) is 10.3 Å². The molecule has 1 saturated heterocycles. The van der Waals surface area contributed by atoms with Gasteiger partial charge in [-0.15, -0.1) is 0 Å². The molecule has 2 N–H and O–H groups in total. The SMILES string of the molecule is Cc1nc2cc(NC3CCNC(C)(C)C3)ccc2o1. The molecule has 0 aliphatic carbocycles. The zero-order valence-corrected chi connectivity index (χ0v) is 11.8. The van der Waals surface area contributed by atoms with Crippen LogP contribution in [-0.4, -0.2) is 23.1 Å². The number of fused-ring (bicyclic) bond motifs is 1. The number of hydrogen-bond acceptors (Lipinski definition) is 4. The molecule has 1 aliphatic heterocycles. The molecule has 1 aliphatic rings. The Morgan fingerprint density at radius 3 is 3.05 bits per heavy atom. The van der Waals surface area contributed by atoms with Crippen molar-refractivity contribution < 1.29 is 4.42 Å². The molecule has 102 valence electrons. The summed E-state index contributed by atoms with van der Waals surface area (Å²) in [6.07, 6.45) is 2.28. The first kappa shape index (κ1) is 12.5. The average molecular weight is 259 g/mol. The van der Waals surface area contributed by atoms with E-state index >= 15 is 0 Å². The first-order valence-corrected chi connectivity index (χ1v) is 6.91. The minimum atomic E-state index is 0.213. The number of benzene rings is 1. The molecule has 1 aromatic carbocycles. The molecule has 1 atom stereocenters. The zero-order valence-electron chi connectivity index (χ0n) is 11.8. The van der Waals surface area contributed by atoms with Gasteiger partial charge < -0.3 is 15.1 Å². The van der Waals surface area contributed by atoms with Crippen LogP contribution in [0.25, 0.3) is 11.1 Å². The van der Waals surface area contributed by atoms with Crippen molar-refractivity contribution in [1.29, 1.82) is 0 Å². The number of aryl methyl sites for hydroxylation is 1. The maximum atomic E-state index is 5.50. The molecule has 2 aromatic rings. The van der Waals surface area contributed by atoms with Crippen LogP contribution in [0.15, 0.2) is 22.6 Å². The number of anilines is 1. The molecule has 19 heavy (non-hydrogen) atoms. The van der Waals surface area contributed by atoms with Crippen LogP contribution in [0, 0.1) is 6.92 Å². The lowest BCUT2D eigenvalue weighted by atomic mass is 9.89. The molecule has 1 unspecified atom stereocenters. The normalized spacial score (nSPS) is 22.6. The topological polar surface area (TPSA) is 50.1 Å². The number of rotatable bonds is 2. The number of oxazole rings is 1. The minimum Gasteiger partial charge on any atom is -0.441 e. The summed E-state index contributed by atoms with van der Waals surface area (Å²) in [7, 11) is 0. The quantitative estimate of drug-likeness (QED) is 0.870. The Bertz CT molecular complexity index is 588. The van der Waals surface area contributed by atoms with E-state index in [-0.39, 0.29) is 5.54 Å². The number of aromatic nitrogens is 1. The van der Waals surface area contributed by atoms with Gasteiger partial charge in [-0.3, -0.25) is 0 Å². The molecule has 1 fully saturated rings. The van der Waals surface area contributed by atoms with Crippen LogP contribution in [0.4, 0.5) is 5.69 Å². The van der Waals surface area contributed by atoms with E-state index in [9.17, 15) is 0 Å². The van der Waals surface area contributed by atoms with Crippen molar-refractivity contribution in [3.8, 4) is 0 Å². The van der Waals surface area contributed by atoms with Crippen LogP contribution in [0.3, 0.4) is 0 Å². The highest BCUT2D eigenvalue weighted by Crippen LogP contribution is 2.24. The van der Waals surface area contributed by atoms with Gasteiger partial charge in [0, 0.05) is 24.2 Å². The Kier molecular flexibility index (Phi) is 2.97. The van der Waals surface area contributed by atoms with Gasteiger partial charge in [0.2, 0.25) is 0 Å². The van der Waals surface area contributed by atoms with Gasteiger partial charge >= 0.3 is 0 Å². The van der Waals surface area contributed by atoms with Gasteiger partial charge in [-0.2, -0.15) is 0 Å².